The van der Waals surface area contributed by atoms with Gasteiger partial charge in [-0.3, -0.25) is 4.79 Å². The highest BCUT2D eigenvalue weighted by Crippen LogP contribution is 2.26. The summed E-state index contributed by atoms with van der Waals surface area (Å²) in [5.41, 5.74) is 1.07. The molecule has 0 bridgehead atoms. The molecule has 0 atom stereocenters. The summed E-state index contributed by atoms with van der Waals surface area (Å²) in [5, 5.41) is 10.3. The number of pyridine rings is 1. The number of carboxylic acid groups (broad SMARTS) is 1. The Balaban J connectivity index is 1.61. The van der Waals surface area contributed by atoms with Gasteiger partial charge in [0.2, 0.25) is 5.95 Å². The summed E-state index contributed by atoms with van der Waals surface area (Å²) in [6.07, 6.45) is 2.39. The van der Waals surface area contributed by atoms with Crippen LogP contribution in [0.25, 0.3) is 22.0 Å². The number of nitrogens with zero attached hydrogens (tertiary/aromatic N) is 4. The van der Waals surface area contributed by atoms with E-state index in [-0.39, 0.29) is 5.56 Å². The first-order valence-corrected chi connectivity index (χ1v) is 8.82. The van der Waals surface area contributed by atoms with E-state index >= 15 is 0 Å². The lowest BCUT2D eigenvalue weighted by molar-refractivity contribution is 0.142. The van der Waals surface area contributed by atoms with E-state index in [1.807, 2.05) is 17.0 Å². The summed E-state index contributed by atoms with van der Waals surface area (Å²) in [4.78, 5) is 38.4. The van der Waals surface area contributed by atoms with Gasteiger partial charge in [-0.2, -0.15) is 0 Å². The van der Waals surface area contributed by atoms with Crippen LogP contribution in [0.2, 0.25) is 0 Å². The zero-order valence-electron chi connectivity index (χ0n) is 15.3. The van der Waals surface area contributed by atoms with Gasteiger partial charge in [-0.25, -0.2) is 14.8 Å². The van der Waals surface area contributed by atoms with Crippen molar-refractivity contribution in [1.82, 2.24) is 19.9 Å². The third-order valence-corrected chi connectivity index (χ3v) is 4.85. The van der Waals surface area contributed by atoms with E-state index in [4.69, 9.17) is 9.84 Å². The van der Waals surface area contributed by atoms with Gasteiger partial charge >= 0.3 is 6.09 Å². The van der Waals surface area contributed by atoms with Crippen molar-refractivity contribution < 1.29 is 14.6 Å². The summed E-state index contributed by atoms with van der Waals surface area (Å²) >= 11 is 0. The largest absolute Gasteiger partial charge is 0.496 e. The average Bonchev–Trinajstić information content (AvgIpc) is 2.73. The first kappa shape index (κ1) is 17.8. The Kier molecular flexibility index (Phi) is 4.56. The molecule has 0 aliphatic carbocycles. The van der Waals surface area contributed by atoms with Crippen molar-refractivity contribution in [1.29, 1.82) is 0 Å². The van der Waals surface area contributed by atoms with Crippen LogP contribution in [0, 0.1) is 0 Å². The first-order chi connectivity index (χ1) is 13.6. The molecule has 1 saturated heterocycles. The van der Waals surface area contributed by atoms with Crippen molar-refractivity contribution in [2.45, 2.75) is 0 Å². The van der Waals surface area contributed by atoms with Crippen molar-refractivity contribution in [2.75, 3.05) is 38.2 Å². The van der Waals surface area contributed by atoms with Crippen LogP contribution in [-0.2, 0) is 0 Å². The Morgan fingerprint density at radius 3 is 2.50 bits per heavy atom. The topological polar surface area (TPSA) is 112 Å². The molecule has 28 heavy (non-hydrogen) atoms. The van der Waals surface area contributed by atoms with Crippen LogP contribution in [-0.4, -0.2) is 64.3 Å². The number of hydrogen-bond donors (Lipinski definition) is 2. The van der Waals surface area contributed by atoms with Crippen LogP contribution in [0.5, 0.6) is 5.75 Å². The molecule has 1 aliphatic heterocycles. The first-order valence-electron chi connectivity index (χ1n) is 8.82. The number of amides is 1. The number of aromatic amines is 1. The molecule has 0 spiro atoms. The van der Waals surface area contributed by atoms with E-state index in [0.29, 0.717) is 54.5 Å². The quantitative estimate of drug-likeness (QED) is 0.711. The molecule has 1 amide bonds. The fraction of sp³-hybridized carbons (Fsp3) is 0.263. The van der Waals surface area contributed by atoms with Gasteiger partial charge < -0.3 is 24.6 Å². The van der Waals surface area contributed by atoms with Gasteiger partial charge in [-0.15, -0.1) is 0 Å². The number of hydrogen-bond acceptors (Lipinski definition) is 6. The molecule has 9 nitrogen and oxygen atoms in total. The number of rotatable bonds is 3. The van der Waals surface area contributed by atoms with Crippen molar-refractivity contribution in [3.05, 3.63) is 47.0 Å². The minimum atomic E-state index is -0.911. The Hall–Kier alpha value is -3.62. The molecule has 1 fully saturated rings. The number of nitrogens with one attached hydrogen (secondary N) is 1. The lowest BCUT2D eigenvalue weighted by atomic mass is 10.1. The molecule has 144 valence electrons. The molecule has 3 heterocycles. The van der Waals surface area contributed by atoms with Gasteiger partial charge in [-0.1, -0.05) is 6.07 Å². The predicted molar refractivity (Wildman–Crippen MR) is 104 cm³/mol. The molecule has 0 radical (unpaired) electrons. The van der Waals surface area contributed by atoms with Crippen molar-refractivity contribution in [3.8, 4) is 17.0 Å². The number of ether oxygens (including phenoxy) is 1. The Morgan fingerprint density at radius 2 is 1.86 bits per heavy atom. The van der Waals surface area contributed by atoms with Gasteiger partial charge in [0, 0.05) is 49.5 Å². The summed E-state index contributed by atoms with van der Waals surface area (Å²) < 4.78 is 5.36. The van der Waals surface area contributed by atoms with E-state index in [9.17, 15) is 9.59 Å². The highest BCUT2D eigenvalue weighted by molar-refractivity contribution is 5.90. The Bertz CT molecular complexity index is 1070. The normalized spacial score (nSPS) is 14.3. The number of aromatic nitrogens is 3. The van der Waals surface area contributed by atoms with Crippen molar-refractivity contribution in [3.63, 3.8) is 0 Å². The average molecular weight is 381 g/mol. The van der Waals surface area contributed by atoms with Gasteiger partial charge in [0.05, 0.1) is 18.2 Å². The van der Waals surface area contributed by atoms with E-state index in [2.05, 4.69) is 15.0 Å². The maximum atomic E-state index is 12.4. The van der Waals surface area contributed by atoms with Crippen LogP contribution in [0.3, 0.4) is 0 Å². The van der Waals surface area contributed by atoms with Gasteiger partial charge in [0.15, 0.2) is 0 Å². The lowest BCUT2D eigenvalue weighted by Gasteiger charge is -2.33. The highest BCUT2D eigenvalue weighted by Gasteiger charge is 2.22. The number of H-pyrrole nitrogens is 1. The molecule has 2 aromatic heterocycles. The third kappa shape index (κ3) is 3.22. The fourth-order valence-corrected chi connectivity index (χ4v) is 3.32. The Morgan fingerprint density at radius 1 is 1.14 bits per heavy atom. The smallest absolute Gasteiger partial charge is 0.407 e. The number of carbonyl (C=O) groups is 1. The maximum absolute atomic E-state index is 12.4. The van der Waals surface area contributed by atoms with Crippen LogP contribution < -0.4 is 15.2 Å². The van der Waals surface area contributed by atoms with Gasteiger partial charge in [-0.05, 0) is 18.2 Å². The van der Waals surface area contributed by atoms with E-state index in [1.54, 1.807) is 31.6 Å². The fourth-order valence-electron chi connectivity index (χ4n) is 3.32. The molecular formula is C19H19N5O4. The maximum Gasteiger partial charge on any atom is 0.407 e. The standard InChI is InChI=1S/C19H19N5O4/c1-28-16-4-2-3-13-14(16)9-15(22-17(13)25)12-10-20-18(21-11-12)23-5-7-24(8-6-23)19(26)27/h2-4,9-11H,5-8H2,1H3,(H,22,25)(H,26,27). The zero-order chi connectivity index (χ0) is 19.7. The number of anilines is 1. The van der Waals surface area contributed by atoms with E-state index < -0.39 is 6.09 Å². The molecule has 0 unspecified atom stereocenters. The number of benzene rings is 1. The summed E-state index contributed by atoms with van der Waals surface area (Å²) in [7, 11) is 1.57. The third-order valence-electron chi connectivity index (χ3n) is 4.85. The summed E-state index contributed by atoms with van der Waals surface area (Å²) in [6, 6.07) is 7.18. The van der Waals surface area contributed by atoms with E-state index in [0.717, 1.165) is 5.39 Å². The molecule has 1 aliphatic rings. The SMILES string of the molecule is COc1cccc2c(=O)[nH]c(-c3cnc(N4CCN(C(=O)O)CC4)nc3)cc12. The van der Waals surface area contributed by atoms with Crippen LogP contribution in [0.1, 0.15) is 0 Å². The monoisotopic (exact) mass is 381 g/mol. The second-order valence-electron chi connectivity index (χ2n) is 6.46. The molecule has 4 rings (SSSR count). The zero-order valence-corrected chi connectivity index (χ0v) is 15.3. The minimum Gasteiger partial charge on any atom is -0.496 e. The highest BCUT2D eigenvalue weighted by atomic mass is 16.5. The molecule has 2 N–H and O–H groups in total. The lowest BCUT2D eigenvalue weighted by Crippen LogP contribution is -2.48. The number of fused-ring (bicyclic) bond motifs is 1. The number of piperazine rings is 1. The summed E-state index contributed by atoms with van der Waals surface area (Å²) in [6.45, 7) is 1.90. The molecular weight excluding hydrogens is 362 g/mol. The van der Waals surface area contributed by atoms with E-state index in [1.165, 1.54) is 4.90 Å². The van der Waals surface area contributed by atoms with Crippen LogP contribution in [0.4, 0.5) is 10.7 Å². The van der Waals surface area contributed by atoms with Crippen LogP contribution >= 0.6 is 0 Å². The van der Waals surface area contributed by atoms with Crippen molar-refractivity contribution in [2.24, 2.45) is 0 Å². The molecule has 0 saturated carbocycles. The predicted octanol–water partition coefficient (Wildman–Crippen LogP) is 1.79. The van der Waals surface area contributed by atoms with Gasteiger partial charge in [0.1, 0.15) is 5.75 Å². The number of methoxy groups -OCH3 is 1. The molecule has 3 aromatic rings. The van der Waals surface area contributed by atoms with Crippen molar-refractivity contribution >= 4 is 22.8 Å². The molecule has 1 aromatic carbocycles. The molecule has 9 heteroatoms. The summed E-state index contributed by atoms with van der Waals surface area (Å²) in [5.74, 6) is 1.16. The second kappa shape index (κ2) is 7.18. The van der Waals surface area contributed by atoms with Gasteiger partial charge in [0.25, 0.3) is 5.56 Å². The second-order valence-corrected chi connectivity index (χ2v) is 6.46. The van der Waals surface area contributed by atoms with Crippen LogP contribution in [0.15, 0.2) is 41.5 Å². The minimum absolute atomic E-state index is 0.208. The Labute approximate surface area is 160 Å².